The molecule has 1 aliphatic rings. The minimum absolute atomic E-state index is 0. The Morgan fingerprint density at radius 1 is 1.29 bits per heavy atom. The lowest BCUT2D eigenvalue weighted by atomic mass is 9.86. The number of hydrogen-bond acceptors (Lipinski definition) is 3. The summed E-state index contributed by atoms with van der Waals surface area (Å²) in [6, 6.07) is 8.10. The zero-order chi connectivity index (χ0) is 16.9. The summed E-state index contributed by atoms with van der Waals surface area (Å²) < 4.78 is 5.89. The lowest BCUT2D eigenvalue weighted by Crippen LogP contribution is -2.37. The number of halogens is 1. The van der Waals surface area contributed by atoms with Gasteiger partial charge < -0.3 is 15.8 Å². The van der Waals surface area contributed by atoms with Crippen molar-refractivity contribution < 1.29 is 9.53 Å². The molecule has 0 aromatic heterocycles. The standard InChI is InChI=1S/C19H30N2O2.ClH/c1-19(2,3)16-9-4-5-10-17(16)23-12-11-21-18(22)15-8-6-7-14(15)13-20;/h4-5,9-10,14-15H,6-8,11-13,20H2,1-3H3,(H,21,22);1H/t14-,15-;/m1./s1. The number of para-hydroxylation sites is 1. The van der Waals surface area contributed by atoms with Crippen LogP contribution in [0, 0.1) is 11.8 Å². The Balaban J connectivity index is 0.00000288. The zero-order valence-corrected chi connectivity index (χ0v) is 15.8. The normalized spacial score (nSPS) is 20.3. The summed E-state index contributed by atoms with van der Waals surface area (Å²) in [6.45, 7) is 8.13. The molecule has 1 saturated carbocycles. The van der Waals surface area contributed by atoms with Crippen molar-refractivity contribution in [2.75, 3.05) is 19.7 Å². The molecule has 2 atom stereocenters. The number of carbonyl (C=O) groups excluding carboxylic acids is 1. The van der Waals surface area contributed by atoms with Crippen molar-refractivity contribution in [1.82, 2.24) is 5.32 Å². The van der Waals surface area contributed by atoms with Crippen LogP contribution >= 0.6 is 12.4 Å². The average molecular weight is 355 g/mol. The molecule has 0 unspecified atom stereocenters. The summed E-state index contributed by atoms with van der Waals surface area (Å²) in [7, 11) is 0. The van der Waals surface area contributed by atoms with E-state index in [9.17, 15) is 4.79 Å². The number of carbonyl (C=O) groups is 1. The van der Waals surface area contributed by atoms with Crippen molar-refractivity contribution in [3.05, 3.63) is 29.8 Å². The first-order chi connectivity index (χ1) is 10.9. The van der Waals surface area contributed by atoms with Gasteiger partial charge in [0.2, 0.25) is 5.91 Å². The first-order valence-electron chi connectivity index (χ1n) is 8.63. The monoisotopic (exact) mass is 354 g/mol. The van der Waals surface area contributed by atoms with Crippen molar-refractivity contribution in [3.63, 3.8) is 0 Å². The Labute approximate surface area is 151 Å². The van der Waals surface area contributed by atoms with Crippen molar-refractivity contribution in [1.29, 1.82) is 0 Å². The van der Waals surface area contributed by atoms with Crippen LogP contribution in [0.15, 0.2) is 24.3 Å². The van der Waals surface area contributed by atoms with Gasteiger partial charge in [0.15, 0.2) is 0 Å². The van der Waals surface area contributed by atoms with Gasteiger partial charge in [0.1, 0.15) is 12.4 Å². The van der Waals surface area contributed by atoms with Crippen LogP contribution in [0.2, 0.25) is 0 Å². The van der Waals surface area contributed by atoms with E-state index >= 15 is 0 Å². The quantitative estimate of drug-likeness (QED) is 0.770. The Kier molecular flexibility index (Phi) is 8.04. The maximum absolute atomic E-state index is 12.2. The Morgan fingerprint density at radius 2 is 2.00 bits per heavy atom. The molecule has 0 saturated heterocycles. The van der Waals surface area contributed by atoms with E-state index in [0.717, 1.165) is 25.0 Å². The van der Waals surface area contributed by atoms with Gasteiger partial charge in [-0.2, -0.15) is 0 Å². The van der Waals surface area contributed by atoms with Gasteiger partial charge >= 0.3 is 0 Å². The SMILES string of the molecule is CC(C)(C)c1ccccc1OCCNC(=O)[C@@H]1CCC[C@@H]1CN.Cl. The zero-order valence-electron chi connectivity index (χ0n) is 15.0. The number of rotatable bonds is 6. The lowest BCUT2D eigenvalue weighted by Gasteiger charge is -2.23. The molecular formula is C19H31ClN2O2. The number of amides is 1. The van der Waals surface area contributed by atoms with E-state index in [0.29, 0.717) is 25.6 Å². The predicted octanol–water partition coefficient (Wildman–Crippen LogP) is 3.28. The van der Waals surface area contributed by atoms with Gasteiger partial charge in [-0.25, -0.2) is 0 Å². The molecule has 1 aliphatic carbocycles. The molecule has 2 rings (SSSR count). The third-order valence-corrected chi connectivity index (χ3v) is 4.65. The molecule has 5 heteroatoms. The highest BCUT2D eigenvalue weighted by molar-refractivity contribution is 5.85. The van der Waals surface area contributed by atoms with Gasteiger partial charge in [-0.3, -0.25) is 4.79 Å². The second kappa shape index (κ2) is 9.28. The van der Waals surface area contributed by atoms with Crippen LogP contribution < -0.4 is 15.8 Å². The van der Waals surface area contributed by atoms with Gasteiger partial charge in [0.05, 0.1) is 6.54 Å². The fourth-order valence-electron chi connectivity index (χ4n) is 3.34. The summed E-state index contributed by atoms with van der Waals surface area (Å²) in [5.74, 6) is 1.46. The summed E-state index contributed by atoms with van der Waals surface area (Å²) in [5, 5.41) is 3.00. The topological polar surface area (TPSA) is 64.3 Å². The maximum Gasteiger partial charge on any atom is 0.223 e. The van der Waals surface area contributed by atoms with Gasteiger partial charge in [-0.15, -0.1) is 12.4 Å². The van der Waals surface area contributed by atoms with E-state index in [-0.39, 0.29) is 29.6 Å². The van der Waals surface area contributed by atoms with Gasteiger partial charge in [0.25, 0.3) is 0 Å². The van der Waals surface area contributed by atoms with Crippen LogP contribution in [0.25, 0.3) is 0 Å². The van der Waals surface area contributed by atoms with Gasteiger partial charge in [-0.05, 0) is 42.3 Å². The minimum Gasteiger partial charge on any atom is -0.491 e. The molecular weight excluding hydrogens is 324 g/mol. The van der Waals surface area contributed by atoms with E-state index in [1.807, 2.05) is 18.2 Å². The van der Waals surface area contributed by atoms with Crippen molar-refractivity contribution in [2.24, 2.45) is 17.6 Å². The molecule has 1 fully saturated rings. The van der Waals surface area contributed by atoms with Gasteiger partial charge in [-0.1, -0.05) is 45.4 Å². The number of ether oxygens (including phenoxy) is 1. The molecule has 0 heterocycles. The number of nitrogens with one attached hydrogen (secondary N) is 1. The predicted molar refractivity (Wildman–Crippen MR) is 101 cm³/mol. The molecule has 1 aromatic rings. The van der Waals surface area contributed by atoms with Crippen LogP contribution in [0.3, 0.4) is 0 Å². The fraction of sp³-hybridized carbons (Fsp3) is 0.632. The average Bonchev–Trinajstić information content (AvgIpc) is 2.99. The van der Waals surface area contributed by atoms with Crippen LogP contribution in [-0.4, -0.2) is 25.6 Å². The molecule has 3 N–H and O–H groups in total. The highest BCUT2D eigenvalue weighted by atomic mass is 35.5. The van der Waals surface area contributed by atoms with Crippen molar-refractivity contribution >= 4 is 18.3 Å². The second-order valence-corrected chi connectivity index (χ2v) is 7.42. The van der Waals surface area contributed by atoms with Crippen molar-refractivity contribution in [3.8, 4) is 5.75 Å². The van der Waals surface area contributed by atoms with Crippen LogP contribution in [-0.2, 0) is 10.2 Å². The highest BCUT2D eigenvalue weighted by Gasteiger charge is 2.31. The summed E-state index contributed by atoms with van der Waals surface area (Å²) >= 11 is 0. The summed E-state index contributed by atoms with van der Waals surface area (Å²) in [6.07, 6.45) is 3.14. The molecule has 0 bridgehead atoms. The first-order valence-corrected chi connectivity index (χ1v) is 8.63. The van der Waals surface area contributed by atoms with E-state index in [1.54, 1.807) is 0 Å². The molecule has 0 radical (unpaired) electrons. The third-order valence-electron chi connectivity index (χ3n) is 4.65. The maximum atomic E-state index is 12.2. The number of nitrogens with two attached hydrogens (primary N) is 1. The van der Waals surface area contributed by atoms with E-state index in [2.05, 4.69) is 32.2 Å². The van der Waals surface area contributed by atoms with E-state index in [4.69, 9.17) is 10.5 Å². The minimum atomic E-state index is 0. The smallest absolute Gasteiger partial charge is 0.223 e. The highest BCUT2D eigenvalue weighted by Crippen LogP contribution is 2.31. The Morgan fingerprint density at radius 3 is 2.67 bits per heavy atom. The largest absolute Gasteiger partial charge is 0.491 e. The van der Waals surface area contributed by atoms with E-state index < -0.39 is 0 Å². The van der Waals surface area contributed by atoms with Crippen LogP contribution in [0.1, 0.15) is 45.6 Å². The first kappa shape index (κ1) is 20.8. The molecule has 1 amide bonds. The lowest BCUT2D eigenvalue weighted by molar-refractivity contribution is -0.126. The Bertz CT molecular complexity index is 528. The Hall–Kier alpha value is -1.26. The van der Waals surface area contributed by atoms with Crippen LogP contribution in [0.4, 0.5) is 0 Å². The van der Waals surface area contributed by atoms with Crippen molar-refractivity contribution in [2.45, 2.75) is 45.4 Å². The van der Waals surface area contributed by atoms with Crippen LogP contribution in [0.5, 0.6) is 5.75 Å². The molecule has 0 aliphatic heterocycles. The molecule has 4 nitrogen and oxygen atoms in total. The molecule has 0 spiro atoms. The molecule has 24 heavy (non-hydrogen) atoms. The molecule has 136 valence electrons. The third kappa shape index (κ3) is 5.38. The van der Waals surface area contributed by atoms with E-state index in [1.165, 1.54) is 5.56 Å². The summed E-state index contributed by atoms with van der Waals surface area (Å²) in [4.78, 5) is 12.2. The molecule has 1 aromatic carbocycles. The fourth-order valence-corrected chi connectivity index (χ4v) is 3.34. The summed E-state index contributed by atoms with van der Waals surface area (Å²) in [5.41, 5.74) is 6.97. The number of hydrogen-bond donors (Lipinski definition) is 2. The second-order valence-electron chi connectivity index (χ2n) is 7.42. The number of benzene rings is 1. The van der Waals surface area contributed by atoms with Gasteiger partial charge in [0, 0.05) is 5.92 Å².